The molecule has 13 heavy (non-hydrogen) atoms. The summed E-state index contributed by atoms with van der Waals surface area (Å²) in [6, 6.07) is 7.16. The van der Waals surface area contributed by atoms with Gasteiger partial charge in [0.25, 0.3) is 0 Å². The second kappa shape index (κ2) is 4.84. The Morgan fingerprint density at radius 1 is 1.31 bits per heavy atom. The predicted octanol–water partition coefficient (Wildman–Crippen LogP) is 1.11. The lowest BCUT2D eigenvalue weighted by Crippen LogP contribution is -2.01. The Bertz CT molecular complexity index is 241. The van der Waals surface area contributed by atoms with Crippen LogP contribution in [0.3, 0.4) is 0 Å². The Balaban J connectivity index is 2.59. The first-order valence-electron chi connectivity index (χ1n) is 4.25. The van der Waals surface area contributed by atoms with Crippen LogP contribution < -0.4 is 4.74 Å². The van der Waals surface area contributed by atoms with Gasteiger partial charge in [0.05, 0.1) is 12.7 Å². The van der Waals surface area contributed by atoms with Gasteiger partial charge in [-0.25, -0.2) is 0 Å². The third kappa shape index (κ3) is 3.05. The van der Waals surface area contributed by atoms with Crippen LogP contribution in [0.1, 0.15) is 18.6 Å². The minimum absolute atomic E-state index is 0.0121. The molecule has 0 aliphatic heterocycles. The highest BCUT2D eigenvalue weighted by atomic mass is 16.5. The zero-order valence-electron chi connectivity index (χ0n) is 7.60. The van der Waals surface area contributed by atoms with Gasteiger partial charge in [0.15, 0.2) is 0 Å². The van der Waals surface area contributed by atoms with Crippen LogP contribution in [-0.4, -0.2) is 23.4 Å². The van der Waals surface area contributed by atoms with Crippen LogP contribution >= 0.6 is 0 Å². The summed E-state index contributed by atoms with van der Waals surface area (Å²) in [4.78, 5) is 0. The quantitative estimate of drug-likeness (QED) is 0.733. The summed E-state index contributed by atoms with van der Waals surface area (Å²) in [5, 5.41) is 17.7. The molecule has 1 atom stereocenters. The van der Waals surface area contributed by atoms with Gasteiger partial charge in [0, 0.05) is 0 Å². The lowest BCUT2D eigenvalue weighted by Gasteiger charge is -2.06. The van der Waals surface area contributed by atoms with Gasteiger partial charge in [0.2, 0.25) is 0 Å². The largest absolute Gasteiger partial charge is 0.491 e. The van der Waals surface area contributed by atoms with Crippen LogP contribution in [0.25, 0.3) is 0 Å². The number of hydrogen-bond acceptors (Lipinski definition) is 3. The Morgan fingerprint density at radius 2 is 1.92 bits per heavy atom. The summed E-state index contributed by atoms with van der Waals surface area (Å²) < 4.78 is 5.16. The number of rotatable bonds is 4. The maximum atomic E-state index is 9.21. The van der Waals surface area contributed by atoms with Gasteiger partial charge < -0.3 is 14.9 Å². The summed E-state index contributed by atoms with van der Waals surface area (Å²) >= 11 is 0. The third-order valence-corrected chi connectivity index (χ3v) is 1.72. The van der Waals surface area contributed by atoms with Crippen LogP contribution in [0.5, 0.6) is 5.75 Å². The van der Waals surface area contributed by atoms with Crippen molar-refractivity contribution in [1.82, 2.24) is 0 Å². The fourth-order valence-electron chi connectivity index (χ4n) is 1.01. The van der Waals surface area contributed by atoms with Crippen molar-refractivity contribution in [2.45, 2.75) is 13.0 Å². The van der Waals surface area contributed by atoms with Crippen LogP contribution in [0, 0.1) is 0 Å². The number of hydrogen-bond donors (Lipinski definition) is 2. The number of benzene rings is 1. The van der Waals surface area contributed by atoms with Crippen LogP contribution in [0.15, 0.2) is 24.3 Å². The van der Waals surface area contributed by atoms with Crippen molar-refractivity contribution in [2.75, 3.05) is 13.2 Å². The van der Waals surface area contributed by atoms with Gasteiger partial charge in [-0.2, -0.15) is 0 Å². The molecule has 1 aromatic rings. The fourth-order valence-corrected chi connectivity index (χ4v) is 1.01. The zero-order valence-corrected chi connectivity index (χ0v) is 7.60. The Kier molecular flexibility index (Phi) is 3.73. The SMILES string of the molecule is C[C@H](O)c1ccc(OCCO)cc1. The van der Waals surface area contributed by atoms with E-state index in [1.54, 1.807) is 31.2 Å². The molecule has 0 heterocycles. The van der Waals surface area contributed by atoms with E-state index >= 15 is 0 Å². The van der Waals surface area contributed by atoms with E-state index in [1.165, 1.54) is 0 Å². The Labute approximate surface area is 77.6 Å². The molecule has 0 saturated heterocycles. The van der Waals surface area contributed by atoms with E-state index < -0.39 is 6.10 Å². The van der Waals surface area contributed by atoms with Crippen molar-refractivity contribution >= 4 is 0 Å². The normalized spacial score (nSPS) is 12.5. The number of aliphatic hydroxyl groups excluding tert-OH is 2. The molecule has 2 N–H and O–H groups in total. The second-order valence-corrected chi connectivity index (χ2v) is 2.82. The van der Waals surface area contributed by atoms with E-state index in [4.69, 9.17) is 9.84 Å². The van der Waals surface area contributed by atoms with Gasteiger partial charge in [-0.1, -0.05) is 12.1 Å². The maximum absolute atomic E-state index is 9.21. The van der Waals surface area contributed by atoms with Crippen molar-refractivity contribution < 1.29 is 14.9 Å². The molecule has 0 fully saturated rings. The first-order chi connectivity index (χ1) is 6.24. The maximum Gasteiger partial charge on any atom is 0.119 e. The van der Waals surface area contributed by atoms with Crippen LogP contribution in [0.4, 0.5) is 0 Å². The van der Waals surface area contributed by atoms with Gasteiger partial charge in [-0.15, -0.1) is 0 Å². The molecule has 1 rings (SSSR count). The second-order valence-electron chi connectivity index (χ2n) is 2.82. The van der Waals surface area contributed by atoms with Crippen molar-refractivity contribution in [3.8, 4) is 5.75 Å². The Morgan fingerprint density at radius 3 is 2.38 bits per heavy atom. The molecule has 0 radical (unpaired) electrons. The van der Waals surface area contributed by atoms with Crippen molar-refractivity contribution in [1.29, 1.82) is 0 Å². The van der Waals surface area contributed by atoms with Gasteiger partial charge in [-0.05, 0) is 24.6 Å². The van der Waals surface area contributed by atoms with Crippen molar-refractivity contribution in [3.63, 3.8) is 0 Å². The lowest BCUT2D eigenvalue weighted by atomic mass is 10.1. The van der Waals surface area contributed by atoms with Crippen molar-refractivity contribution in [2.24, 2.45) is 0 Å². The number of aliphatic hydroxyl groups is 2. The van der Waals surface area contributed by atoms with E-state index in [0.29, 0.717) is 12.4 Å². The molecule has 0 aliphatic rings. The minimum atomic E-state index is -0.452. The molecule has 0 amide bonds. The summed E-state index contributed by atoms with van der Waals surface area (Å²) in [5.41, 5.74) is 0.858. The highest BCUT2D eigenvalue weighted by Gasteiger charge is 1.99. The van der Waals surface area contributed by atoms with E-state index in [2.05, 4.69) is 0 Å². The van der Waals surface area contributed by atoms with Crippen molar-refractivity contribution in [3.05, 3.63) is 29.8 Å². The molecule has 0 aromatic heterocycles. The zero-order chi connectivity index (χ0) is 9.68. The molecule has 0 saturated carbocycles. The highest BCUT2D eigenvalue weighted by molar-refractivity contribution is 5.28. The molecule has 0 aliphatic carbocycles. The summed E-state index contributed by atoms with van der Waals surface area (Å²) in [5.74, 6) is 0.707. The fraction of sp³-hybridized carbons (Fsp3) is 0.400. The molecular weight excluding hydrogens is 168 g/mol. The highest BCUT2D eigenvalue weighted by Crippen LogP contribution is 2.16. The molecule has 72 valence electrons. The topological polar surface area (TPSA) is 49.7 Å². The molecule has 1 aromatic carbocycles. The Hall–Kier alpha value is -1.06. The average molecular weight is 182 g/mol. The van der Waals surface area contributed by atoms with Gasteiger partial charge in [0.1, 0.15) is 12.4 Å². The molecule has 3 heteroatoms. The van der Waals surface area contributed by atoms with Crippen LogP contribution in [0.2, 0.25) is 0 Å². The number of ether oxygens (including phenoxy) is 1. The average Bonchev–Trinajstić information content (AvgIpc) is 2.15. The summed E-state index contributed by atoms with van der Waals surface area (Å²) in [6.07, 6.45) is -0.452. The smallest absolute Gasteiger partial charge is 0.119 e. The minimum Gasteiger partial charge on any atom is -0.491 e. The molecular formula is C10H14O3. The van der Waals surface area contributed by atoms with E-state index in [-0.39, 0.29) is 6.61 Å². The third-order valence-electron chi connectivity index (χ3n) is 1.72. The first kappa shape index (κ1) is 10.0. The molecule has 0 spiro atoms. The van der Waals surface area contributed by atoms with E-state index in [9.17, 15) is 5.11 Å². The lowest BCUT2D eigenvalue weighted by molar-refractivity contribution is 0.196. The molecule has 0 unspecified atom stereocenters. The summed E-state index contributed by atoms with van der Waals surface area (Å²) in [6.45, 7) is 2.02. The van der Waals surface area contributed by atoms with Gasteiger partial charge >= 0.3 is 0 Å². The van der Waals surface area contributed by atoms with Gasteiger partial charge in [-0.3, -0.25) is 0 Å². The molecule has 3 nitrogen and oxygen atoms in total. The standard InChI is InChI=1S/C10H14O3/c1-8(12)9-2-4-10(5-3-9)13-7-6-11/h2-5,8,11-12H,6-7H2,1H3/t8-/m0/s1. The predicted molar refractivity (Wildman–Crippen MR) is 49.7 cm³/mol. The monoisotopic (exact) mass is 182 g/mol. The molecule has 0 bridgehead atoms. The van der Waals surface area contributed by atoms with Crippen LogP contribution in [-0.2, 0) is 0 Å². The van der Waals surface area contributed by atoms with E-state index in [0.717, 1.165) is 5.56 Å². The first-order valence-corrected chi connectivity index (χ1v) is 4.25. The summed E-state index contributed by atoms with van der Waals surface area (Å²) in [7, 11) is 0. The van der Waals surface area contributed by atoms with E-state index in [1.807, 2.05) is 0 Å².